The van der Waals surface area contributed by atoms with Crippen molar-refractivity contribution in [2.24, 2.45) is 5.92 Å². The van der Waals surface area contributed by atoms with Crippen LogP contribution >= 0.6 is 0 Å². The molecule has 174 valence electrons. The van der Waals surface area contributed by atoms with Gasteiger partial charge in [-0.15, -0.1) is 0 Å². The van der Waals surface area contributed by atoms with Gasteiger partial charge in [-0.3, -0.25) is 9.59 Å². The van der Waals surface area contributed by atoms with Crippen LogP contribution in [0.3, 0.4) is 0 Å². The lowest BCUT2D eigenvalue weighted by Crippen LogP contribution is -2.52. The quantitative estimate of drug-likeness (QED) is 0.610. The van der Waals surface area contributed by atoms with Crippen LogP contribution < -0.4 is 4.74 Å². The summed E-state index contributed by atoms with van der Waals surface area (Å²) in [6.45, 7) is 2.55. The zero-order valence-electron chi connectivity index (χ0n) is 19.2. The number of amides is 2. The Labute approximate surface area is 194 Å². The van der Waals surface area contributed by atoms with Crippen LogP contribution in [-0.2, 0) is 16.1 Å². The number of carbonyl (C=O) groups is 2. The highest BCUT2D eigenvalue weighted by Crippen LogP contribution is 2.31. The number of carbonyl (C=O) groups excluding carboxylic acids is 2. The minimum absolute atomic E-state index is 0.0102. The second-order valence-corrected chi connectivity index (χ2v) is 8.89. The molecule has 2 amide bonds. The van der Waals surface area contributed by atoms with E-state index in [0.717, 1.165) is 42.6 Å². The summed E-state index contributed by atoms with van der Waals surface area (Å²) in [5, 5.41) is 0. The fourth-order valence-electron chi connectivity index (χ4n) is 4.82. The smallest absolute Gasteiger partial charge is 0.246 e. The van der Waals surface area contributed by atoms with E-state index in [1.807, 2.05) is 43.3 Å². The summed E-state index contributed by atoms with van der Waals surface area (Å²) in [6.07, 6.45) is 7.91. The van der Waals surface area contributed by atoms with Crippen LogP contribution in [0.4, 0.5) is 4.39 Å². The predicted octanol–water partition coefficient (Wildman–Crippen LogP) is 4.88. The molecule has 0 spiro atoms. The number of benzene rings is 2. The van der Waals surface area contributed by atoms with Crippen molar-refractivity contribution in [2.75, 3.05) is 13.7 Å². The van der Waals surface area contributed by atoms with Gasteiger partial charge in [-0.2, -0.15) is 0 Å². The summed E-state index contributed by atoms with van der Waals surface area (Å²) in [5.74, 6) is 0.396. The van der Waals surface area contributed by atoms with Crippen molar-refractivity contribution in [1.29, 1.82) is 0 Å². The van der Waals surface area contributed by atoms with Crippen molar-refractivity contribution in [3.63, 3.8) is 0 Å². The van der Waals surface area contributed by atoms with Crippen molar-refractivity contribution in [3.8, 4) is 5.75 Å². The molecule has 0 N–H and O–H groups in total. The Hall–Kier alpha value is -3.15. The van der Waals surface area contributed by atoms with Crippen LogP contribution in [0.15, 0.2) is 60.7 Å². The average molecular weight is 451 g/mol. The molecular weight excluding hydrogens is 419 g/mol. The van der Waals surface area contributed by atoms with Gasteiger partial charge in [0.2, 0.25) is 11.8 Å². The normalized spacial score (nSPS) is 22.7. The summed E-state index contributed by atoms with van der Waals surface area (Å²) >= 11 is 0. The summed E-state index contributed by atoms with van der Waals surface area (Å²) in [4.78, 5) is 30.5. The monoisotopic (exact) mass is 450 g/mol. The number of ether oxygens (including phenoxy) is 1. The topological polar surface area (TPSA) is 49.9 Å². The highest BCUT2D eigenvalue weighted by Gasteiger charge is 2.36. The van der Waals surface area contributed by atoms with E-state index in [4.69, 9.17) is 4.74 Å². The highest BCUT2D eigenvalue weighted by atomic mass is 19.1. The van der Waals surface area contributed by atoms with E-state index in [1.165, 1.54) is 12.1 Å². The standard InChI is InChI=1S/C27H31FN2O3/c1-19-26(31)30(18-20-9-13-23(28)14-10-20)25(21-11-15-24(33-2)16-12-21)8-5-17-29(19)27(32)22-6-3-4-7-22/h5,8-16,19,22,25H,3-4,6-7,17-18H2,1-2H3/b8-5-/t19-,25+/m0/s1. The minimum atomic E-state index is -0.579. The second kappa shape index (κ2) is 10.2. The van der Waals surface area contributed by atoms with Gasteiger partial charge >= 0.3 is 0 Å². The van der Waals surface area contributed by atoms with Crippen molar-refractivity contribution in [3.05, 3.63) is 77.6 Å². The minimum Gasteiger partial charge on any atom is -0.497 e. The van der Waals surface area contributed by atoms with Crippen molar-refractivity contribution >= 4 is 11.8 Å². The van der Waals surface area contributed by atoms with E-state index in [2.05, 4.69) is 0 Å². The average Bonchev–Trinajstić information content (AvgIpc) is 3.38. The van der Waals surface area contributed by atoms with Gasteiger partial charge in [-0.25, -0.2) is 4.39 Å². The van der Waals surface area contributed by atoms with Crippen LogP contribution in [0, 0.1) is 11.7 Å². The largest absolute Gasteiger partial charge is 0.497 e. The van der Waals surface area contributed by atoms with Gasteiger partial charge in [-0.1, -0.05) is 49.3 Å². The first kappa shape index (κ1) is 23.0. The molecule has 6 heteroatoms. The summed E-state index contributed by atoms with van der Waals surface area (Å²) in [7, 11) is 1.62. The number of hydrogen-bond donors (Lipinski definition) is 0. The van der Waals surface area contributed by atoms with Crippen molar-refractivity contribution in [2.45, 2.75) is 51.2 Å². The third-order valence-corrected chi connectivity index (χ3v) is 6.78. The van der Waals surface area contributed by atoms with Crippen molar-refractivity contribution < 1.29 is 18.7 Å². The van der Waals surface area contributed by atoms with Gasteiger partial charge in [0.1, 0.15) is 17.6 Å². The summed E-state index contributed by atoms with van der Waals surface area (Å²) < 4.78 is 18.8. The zero-order valence-corrected chi connectivity index (χ0v) is 19.2. The Bertz CT molecular complexity index is 997. The van der Waals surface area contributed by atoms with Gasteiger partial charge in [0.05, 0.1) is 13.2 Å². The molecule has 2 aromatic rings. The molecule has 0 unspecified atom stereocenters. The van der Waals surface area contributed by atoms with Gasteiger partial charge in [0.25, 0.3) is 0 Å². The highest BCUT2D eigenvalue weighted by molar-refractivity contribution is 5.89. The molecule has 1 heterocycles. The van der Waals surface area contributed by atoms with Crippen LogP contribution in [0.25, 0.3) is 0 Å². The van der Waals surface area contributed by atoms with E-state index < -0.39 is 6.04 Å². The Balaban J connectivity index is 1.68. The fourth-order valence-corrected chi connectivity index (χ4v) is 4.82. The molecule has 2 aliphatic rings. The molecule has 2 atom stereocenters. The number of rotatable bonds is 5. The molecule has 0 aromatic heterocycles. The van der Waals surface area contributed by atoms with Crippen LogP contribution in [-0.4, -0.2) is 41.3 Å². The summed E-state index contributed by atoms with van der Waals surface area (Å²) in [5.41, 5.74) is 1.78. The molecule has 33 heavy (non-hydrogen) atoms. The Morgan fingerprint density at radius 2 is 1.73 bits per heavy atom. The van der Waals surface area contributed by atoms with E-state index >= 15 is 0 Å². The van der Waals surface area contributed by atoms with Gasteiger partial charge in [0, 0.05) is 19.0 Å². The van der Waals surface area contributed by atoms with Crippen LogP contribution in [0.5, 0.6) is 5.75 Å². The Morgan fingerprint density at radius 3 is 2.36 bits per heavy atom. The van der Waals surface area contributed by atoms with Gasteiger partial charge in [-0.05, 0) is 55.2 Å². The molecule has 1 aliphatic carbocycles. The maximum atomic E-state index is 13.8. The third kappa shape index (κ3) is 5.10. The SMILES string of the molecule is COc1ccc([C@H]2/C=C\CN(C(=O)C3CCCC3)[C@@H](C)C(=O)N2Cc2ccc(F)cc2)cc1. The van der Waals surface area contributed by atoms with Crippen LogP contribution in [0.1, 0.15) is 49.8 Å². The lowest BCUT2D eigenvalue weighted by Gasteiger charge is -2.39. The summed E-state index contributed by atoms with van der Waals surface area (Å²) in [6, 6.07) is 13.0. The Morgan fingerprint density at radius 1 is 1.06 bits per heavy atom. The molecule has 1 saturated carbocycles. The first-order valence-electron chi connectivity index (χ1n) is 11.6. The van der Waals surface area contributed by atoms with Gasteiger partial charge in [0.15, 0.2) is 0 Å². The molecule has 5 nitrogen and oxygen atoms in total. The van der Waals surface area contributed by atoms with E-state index in [9.17, 15) is 14.0 Å². The Kier molecular flexibility index (Phi) is 7.11. The third-order valence-electron chi connectivity index (χ3n) is 6.78. The van der Waals surface area contributed by atoms with Crippen molar-refractivity contribution in [1.82, 2.24) is 9.80 Å². The van der Waals surface area contributed by atoms with E-state index in [1.54, 1.807) is 29.0 Å². The number of nitrogens with zero attached hydrogens (tertiary/aromatic N) is 2. The zero-order chi connectivity index (χ0) is 23.4. The van der Waals surface area contributed by atoms with E-state index in [-0.39, 0.29) is 29.6 Å². The first-order chi connectivity index (χ1) is 16.0. The maximum Gasteiger partial charge on any atom is 0.246 e. The molecule has 0 bridgehead atoms. The molecule has 4 rings (SSSR count). The number of methoxy groups -OCH3 is 1. The van der Waals surface area contributed by atoms with Gasteiger partial charge < -0.3 is 14.5 Å². The number of hydrogen-bond acceptors (Lipinski definition) is 3. The number of halogens is 1. The fraction of sp³-hybridized carbons (Fsp3) is 0.407. The lowest BCUT2D eigenvalue weighted by atomic mass is 9.99. The molecule has 2 aromatic carbocycles. The van der Waals surface area contributed by atoms with Crippen LogP contribution in [0.2, 0.25) is 0 Å². The lowest BCUT2D eigenvalue weighted by molar-refractivity contribution is -0.148. The first-order valence-corrected chi connectivity index (χ1v) is 11.6. The molecule has 1 fully saturated rings. The molecular formula is C27H31FN2O3. The second-order valence-electron chi connectivity index (χ2n) is 8.89. The predicted molar refractivity (Wildman–Crippen MR) is 125 cm³/mol. The molecule has 0 saturated heterocycles. The van der Waals surface area contributed by atoms with E-state index in [0.29, 0.717) is 13.1 Å². The molecule has 0 radical (unpaired) electrons. The maximum absolute atomic E-state index is 13.8. The molecule has 1 aliphatic heterocycles.